The number of ether oxygens (including phenoxy) is 1. The van der Waals surface area contributed by atoms with E-state index in [-0.39, 0.29) is 11.8 Å². The molecule has 0 aliphatic carbocycles. The van der Waals surface area contributed by atoms with Crippen LogP contribution >= 0.6 is 0 Å². The van der Waals surface area contributed by atoms with E-state index in [4.69, 9.17) is 4.74 Å². The maximum Gasteiger partial charge on any atom is 0.236 e. The van der Waals surface area contributed by atoms with Crippen molar-refractivity contribution in [3.63, 3.8) is 0 Å². The molecule has 1 amide bonds. The van der Waals surface area contributed by atoms with Gasteiger partial charge in [0, 0.05) is 49.2 Å². The number of aliphatic hydroxyl groups is 1. The molecule has 1 fully saturated rings. The summed E-state index contributed by atoms with van der Waals surface area (Å²) in [6, 6.07) is 18.1. The van der Waals surface area contributed by atoms with Crippen LogP contribution in [-0.4, -0.2) is 64.7 Å². The van der Waals surface area contributed by atoms with E-state index in [9.17, 15) is 9.90 Å². The van der Waals surface area contributed by atoms with Gasteiger partial charge in [-0.3, -0.25) is 14.7 Å². The number of aromatic nitrogens is 1. The number of hydrogen-bond donors (Lipinski definition) is 1. The summed E-state index contributed by atoms with van der Waals surface area (Å²) in [5.41, 5.74) is 3.24. The minimum atomic E-state index is -0.510. The van der Waals surface area contributed by atoms with E-state index < -0.39 is 6.10 Å². The lowest BCUT2D eigenvalue weighted by molar-refractivity contribution is -0.132. The number of likely N-dealkylation sites (tertiary alicyclic amines) is 1. The van der Waals surface area contributed by atoms with Crippen LogP contribution < -0.4 is 4.74 Å². The highest BCUT2D eigenvalue weighted by Gasteiger charge is 2.34. The van der Waals surface area contributed by atoms with E-state index in [0.29, 0.717) is 39.3 Å². The normalized spacial score (nSPS) is 21.5. The van der Waals surface area contributed by atoms with Crippen molar-refractivity contribution in [1.29, 1.82) is 0 Å². The third-order valence-corrected chi connectivity index (χ3v) is 6.37. The number of para-hydroxylation sites is 2. The molecule has 1 aromatic heterocycles. The molecule has 31 heavy (non-hydrogen) atoms. The van der Waals surface area contributed by atoms with Gasteiger partial charge in [0.15, 0.2) is 0 Å². The quantitative estimate of drug-likeness (QED) is 0.707. The highest BCUT2D eigenvalue weighted by Crippen LogP contribution is 2.26. The zero-order valence-electron chi connectivity index (χ0n) is 17.5. The van der Waals surface area contributed by atoms with E-state index in [1.165, 1.54) is 5.56 Å². The monoisotopic (exact) mass is 417 g/mol. The Morgan fingerprint density at radius 1 is 1.10 bits per heavy atom. The minimum Gasteiger partial charge on any atom is -0.492 e. The molecule has 0 spiro atoms. The van der Waals surface area contributed by atoms with Crippen molar-refractivity contribution in [2.45, 2.75) is 19.1 Å². The fraction of sp³-hybridized carbons (Fsp3) is 0.360. The molecule has 5 rings (SSSR count). The van der Waals surface area contributed by atoms with Crippen LogP contribution in [0.5, 0.6) is 5.75 Å². The van der Waals surface area contributed by atoms with Crippen molar-refractivity contribution in [2.75, 3.05) is 32.8 Å². The predicted octanol–water partition coefficient (Wildman–Crippen LogP) is 2.49. The first kappa shape index (κ1) is 20.0. The van der Waals surface area contributed by atoms with Crippen molar-refractivity contribution >= 4 is 16.8 Å². The second-order valence-electron chi connectivity index (χ2n) is 8.48. The summed E-state index contributed by atoms with van der Waals surface area (Å²) in [6.45, 7) is 3.30. The van der Waals surface area contributed by atoms with E-state index in [2.05, 4.69) is 16.0 Å². The molecule has 2 aromatic carbocycles. The number of carbonyl (C=O) groups is 1. The summed E-state index contributed by atoms with van der Waals surface area (Å²) in [6.07, 6.45) is 2.05. The van der Waals surface area contributed by atoms with Crippen LogP contribution in [0.2, 0.25) is 0 Å². The largest absolute Gasteiger partial charge is 0.492 e. The lowest BCUT2D eigenvalue weighted by Gasteiger charge is -2.23. The lowest BCUT2D eigenvalue weighted by Crippen LogP contribution is -2.40. The minimum absolute atomic E-state index is 0.0305. The number of hydrogen-bond acceptors (Lipinski definition) is 5. The molecule has 2 aliphatic rings. The summed E-state index contributed by atoms with van der Waals surface area (Å²) < 4.78 is 5.81. The van der Waals surface area contributed by atoms with Gasteiger partial charge in [-0.05, 0) is 30.2 Å². The predicted molar refractivity (Wildman–Crippen MR) is 119 cm³/mol. The Bertz CT molecular complexity index is 1080. The number of rotatable bonds is 4. The summed E-state index contributed by atoms with van der Waals surface area (Å²) in [7, 11) is 0. The molecule has 6 heteroatoms. The molecular weight excluding hydrogens is 390 g/mol. The molecule has 1 N–H and O–H groups in total. The zero-order valence-corrected chi connectivity index (χ0v) is 17.5. The number of fused-ring (bicyclic) bond motifs is 2. The van der Waals surface area contributed by atoms with Gasteiger partial charge in [0.25, 0.3) is 0 Å². The van der Waals surface area contributed by atoms with Crippen LogP contribution in [0.4, 0.5) is 0 Å². The number of aliphatic hydroxyl groups excluding tert-OH is 1. The molecule has 2 aliphatic heterocycles. The summed E-state index contributed by atoms with van der Waals surface area (Å²) in [5, 5.41) is 11.8. The average molecular weight is 418 g/mol. The highest BCUT2D eigenvalue weighted by molar-refractivity contribution is 5.82. The van der Waals surface area contributed by atoms with Crippen LogP contribution in [0.3, 0.4) is 0 Å². The summed E-state index contributed by atoms with van der Waals surface area (Å²) in [5.74, 6) is 1.00. The summed E-state index contributed by atoms with van der Waals surface area (Å²) in [4.78, 5) is 21.4. The van der Waals surface area contributed by atoms with Gasteiger partial charge < -0.3 is 14.7 Å². The fourth-order valence-electron chi connectivity index (χ4n) is 4.68. The first-order chi connectivity index (χ1) is 15.2. The highest BCUT2D eigenvalue weighted by atomic mass is 16.5. The number of carbonyl (C=O) groups excluding carboxylic acids is 1. The van der Waals surface area contributed by atoms with Crippen molar-refractivity contribution < 1.29 is 14.6 Å². The van der Waals surface area contributed by atoms with Crippen LogP contribution in [0.15, 0.2) is 60.8 Å². The van der Waals surface area contributed by atoms with Gasteiger partial charge in [-0.2, -0.15) is 0 Å². The number of nitrogens with zero attached hydrogens (tertiary/aromatic N) is 3. The van der Waals surface area contributed by atoms with Crippen LogP contribution in [0, 0.1) is 5.92 Å². The first-order valence-electron chi connectivity index (χ1n) is 10.9. The van der Waals surface area contributed by atoms with Gasteiger partial charge >= 0.3 is 0 Å². The van der Waals surface area contributed by atoms with Crippen LogP contribution in [0.1, 0.15) is 11.1 Å². The van der Waals surface area contributed by atoms with Gasteiger partial charge in [-0.15, -0.1) is 0 Å². The zero-order chi connectivity index (χ0) is 21.2. The smallest absolute Gasteiger partial charge is 0.236 e. The molecule has 0 saturated carbocycles. The Labute approximate surface area is 182 Å². The van der Waals surface area contributed by atoms with Crippen LogP contribution in [0.25, 0.3) is 10.9 Å². The van der Waals surface area contributed by atoms with E-state index in [1.807, 2.05) is 59.6 Å². The average Bonchev–Trinajstić information content (AvgIpc) is 3.02. The third-order valence-electron chi connectivity index (χ3n) is 6.37. The Morgan fingerprint density at radius 2 is 1.94 bits per heavy atom. The number of β-amino-alcohol motifs (C(OH)–C–C–N with tert-alkyl or cyclic N) is 1. The Morgan fingerprint density at radius 3 is 2.87 bits per heavy atom. The molecular formula is C25H27N3O3. The van der Waals surface area contributed by atoms with E-state index >= 15 is 0 Å². The molecule has 160 valence electrons. The first-order valence-corrected chi connectivity index (χ1v) is 10.9. The van der Waals surface area contributed by atoms with Gasteiger partial charge in [0.05, 0.1) is 18.2 Å². The second kappa shape index (κ2) is 8.65. The lowest BCUT2D eigenvalue weighted by atomic mass is 9.94. The fourth-order valence-corrected chi connectivity index (χ4v) is 4.68. The van der Waals surface area contributed by atoms with Gasteiger partial charge in [0.1, 0.15) is 12.4 Å². The topological polar surface area (TPSA) is 65.9 Å². The van der Waals surface area contributed by atoms with Crippen molar-refractivity contribution in [1.82, 2.24) is 14.8 Å². The molecule has 1 saturated heterocycles. The molecule has 0 radical (unpaired) electrons. The molecule has 0 bridgehead atoms. The SMILES string of the molecule is O=C(CN1CCOc2ccccc2C1)N1C[C@@H](Cc2ccnc3ccccc23)[C@@H](O)C1. The maximum absolute atomic E-state index is 13.0. The Hall–Kier alpha value is -2.96. The van der Waals surface area contributed by atoms with E-state index in [1.54, 1.807) is 0 Å². The molecule has 6 nitrogen and oxygen atoms in total. The van der Waals surface area contributed by atoms with Crippen molar-refractivity contribution in [2.24, 2.45) is 5.92 Å². The number of benzene rings is 2. The molecule has 3 aromatic rings. The summed E-state index contributed by atoms with van der Waals surface area (Å²) >= 11 is 0. The van der Waals surface area contributed by atoms with Gasteiger partial charge in [-0.1, -0.05) is 36.4 Å². The molecule has 2 atom stereocenters. The Balaban J connectivity index is 1.23. The Kier molecular flexibility index (Phi) is 5.57. The number of pyridine rings is 1. The number of amides is 1. The van der Waals surface area contributed by atoms with Gasteiger partial charge in [-0.25, -0.2) is 0 Å². The third kappa shape index (κ3) is 4.27. The maximum atomic E-state index is 13.0. The molecule has 0 unspecified atom stereocenters. The van der Waals surface area contributed by atoms with E-state index in [0.717, 1.165) is 28.6 Å². The van der Waals surface area contributed by atoms with Crippen LogP contribution in [-0.2, 0) is 17.8 Å². The van der Waals surface area contributed by atoms with Crippen molar-refractivity contribution in [3.05, 3.63) is 71.9 Å². The second-order valence-corrected chi connectivity index (χ2v) is 8.48. The van der Waals surface area contributed by atoms with Gasteiger partial charge in [0.2, 0.25) is 5.91 Å². The molecule has 3 heterocycles. The standard InChI is InChI=1S/C25H27N3O3/c29-23-16-28(15-20(23)13-18-9-10-26-22-7-3-2-6-21(18)22)25(30)17-27-11-12-31-24-8-4-1-5-19(24)14-27/h1-10,20,23,29H,11-17H2/t20-,23+/m1/s1. The van der Waals surface area contributed by atoms with Crippen molar-refractivity contribution in [3.8, 4) is 5.75 Å².